The van der Waals surface area contributed by atoms with Gasteiger partial charge in [-0.3, -0.25) is 9.59 Å². The van der Waals surface area contributed by atoms with E-state index in [9.17, 15) is 18.4 Å². The summed E-state index contributed by atoms with van der Waals surface area (Å²) in [6.07, 6.45) is -1.40. The van der Waals surface area contributed by atoms with Crippen LogP contribution in [-0.4, -0.2) is 11.3 Å². The average Bonchev–Trinajstić information content (AvgIpc) is 2.09. The summed E-state index contributed by atoms with van der Waals surface area (Å²) in [4.78, 5) is 23.6. The molecule has 1 heterocycles. The number of aromatic amines is 1. The van der Waals surface area contributed by atoms with Crippen molar-refractivity contribution in [2.45, 2.75) is 13.3 Å². The number of aldehydes is 1. The van der Waals surface area contributed by atoms with Crippen molar-refractivity contribution in [3.05, 3.63) is 33.2 Å². The van der Waals surface area contributed by atoms with Crippen LogP contribution in [0.3, 0.4) is 0 Å². The molecule has 0 unspecified atom stereocenters. The molecule has 0 amide bonds. The number of carbonyl (C=O) groups is 1. The van der Waals surface area contributed by atoms with Gasteiger partial charge >= 0.3 is 0 Å². The van der Waals surface area contributed by atoms with E-state index in [1.807, 2.05) is 0 Å². The first kappa shape index (κ1) is 9.57. The number of rotatable bonds is 2. The van der Waals surface area contributed by atoms with Gasteiger partial charge in [-0.25, -0.2) is 8.78 Å². The van der Waals surface area contributed by atoms with Gasteiger partial charge in [-0.1, -0.05) is 0 Å². The van der Waals surface area contributed by atoms with Gasteiger partial charge in [0, 0.05) is 11.8 Å². The summed E-state index contributed by atoms with van der Waals surface area (Å²) in [5.41, 5.74) is -1.33. The number of alkyl halides is 2. The average molecular weight is 187 g/mol. The second kappa shape index (κ2) is 3.47. The molecule has 1 aromatic heterocycles. The van der Waals surface area contributed by atoms with Gasteiger partial charge in [0.1, 0.15) is 0 Å². The van der Waals surface area contributed by atoms with E-state index in [0.29, 0.717) is 6.29 Å². The molecule has 3 nitrogen and oxygen atoms in total. The van der Waals surface area contributed by atoms with Crippen LogP contribution in [0.2, 0.25) is 0 Å². The second-order valence-corrected chi connectivity index (χ2v) is 2.53. The SMILES string of the molecule is Cc1c(C(F)F)[nH]cc(C=O)c1=O. The minimum atomic E-state index is -2.73. The molecule has 0 spiro atoms. The first-order valence-electron chi connectivity index (χ1n) is 3.53. The van der Waals surface area contributed by atoms with Crippen molar-refractivity contribution in [1.82, 2.24) is 4.98 Å². The molecule has 0 saturated carbocycles. The highest BCUT2D eigenvalue weighted by Crippen LogP contribution is 2.17. The number of hydrogen-bond acceptors (Lipinski definition) is 2. The largest absolute Gasteiger partial charge is 0.359 e. The van der Waals surface area contributed by atoms with Gasteiger partial charge in [0.25, 0.3) is 6.43 Å². The van der Waals surface area contributed by atoms with Crippen molar-refractivity contribution in [1.29, 1.82) is 0 Å². The summed E-state index contributed by atoms with van der Waals surface area (Å²) in [5.74, 6) is 0. The van der Waals surface area contributed by atoms with Crippen LogP contribution < -0.4 is 5.43 Å². The van der Waals surface area contributed by atoms with E-state index in [1.165, 1.54) is 6.92 Å². The topological polar surface area (TPSA) is 49.9 Å². The van der Waals surface area contributed by atoms with Crippen molar-refractivity contribution >= 4 is 6.29 Å². The summed E-state index contributed by atoms with van der Waals surface area (Å²) in [5, 5.41) is 0. The molecule has 5 heteroatoms. The van der Waals surface area contributed by atoms with Crippen LogP contribution in [0.5, 0.6) is 0 Å². The molecule has 0 aromatic carbocycles. The Kier molecular flexibility index (Phi) is 2.55. The van der Waals surface area contributed by atoms with Gasteiger partial charge in [-0.2, -0.15) is 0 Å². The lowest BCUT2D eigenvalue weighted by molar-refractivity contribution is 0.112. The second-order valence-electron chi connectivity index (χ2n) is 2.53. The van der Waals surface area contributed by atoms with Gasteiger partial charge in [0.15, 0.2) is 11.7 Å². The van der Waals surface area contributed by atoms with Crippen molar-refractivity contribution in [3.8, 4) is 0 Å². The van der Waals surface area contributed by atoms with Crippen LogP contribution in [0.15, 0.2) is 11.0 Å². The molecule has 0 aliphatic heterocycles. The monoisotopic (exact) mass is 187 g/mol. The van der Waals surface area contributed by atoms with Crippen LogP contribution in [0.1, 0.15) is 28.0 Å². The lowest BCUT2D eigenvalue weighted by atomic mass is 10.1. The van der Waals surface area contributed by atoms with E-state index >= 15 is 0 Å². The van der Waals surface area contributed by atoms with Gasteiger partial charge in [0.2, 0.25) is 0 Å². The number of aromatic nitrogens is 1. The van der Waals surface area contributed by atoms with Crippen LogP contribution in [0.25, 0.3) is 0 Å². The predicted molar refractivity (Wildman–Crippen MR) is 42.1 cm³/mol. The highest BCUT2D eigenvalue weighted by molar-refractivity contribution is 5.74. The Balaban J connectivity index is 3.40. The van der Waals surface area contributed by atoms with Crippen molar-refractivity contribution in [3.63, 3.8) is 0 Å². The van der Waals surface area contributed by atoms with Crippen LogP contribution in [-0.2, 0) is 0 Å². The molecule has 1 aromatic rings. The Morgan fingerprint density at radius 2 is 2.15 bits per heavy atom. The molecule has 1 N–H and O–H groups in total. The van der Waals surface area contributed by atoms with Crippen molar-refractivity contribution < 1.29 is 13.6 Å². The quantitative estimate of drug-likeness (QED) is 0.712. The van der Waals surface area contributed by atoms with E-state index in [2.05, 4.69) is 4.98 Å². The summed E-state index contributed by atoms with van der Waals surface area (Å²) in [7, 11) is 0. The zero-order valence-corrected chi connectivity index (χ0v) is 6.80. The normalized spacial score (nSPS) is 10.5. The molecule has 0 aliphatic rings. The molecule has 1 rings (SSSR count). The third-order valence-electron chi connectivity index (χ3n) is 1.74. The van der Waals surface area contributed by atoms with E-state index in [1.54, 1.807) is 0 Å². The third-order valence-corrected chi connectivity index (χ3v) is 1.74. The van der Waals surface area contributed by atoms with Crippen LogP contribution >= 0.6 is 0 Å². The van der Waals surface area contributed by atoms with E-state index in [0.717, 1.165) is 6.20 Å². The lowest BCUT2D eigenvalue weighted by Crippen LogP contribution is -2.15. The third kappa shape index (κ3) is 1.63. The molecule has 70 valence electrons. The predicted octanol–water partition coefficient (Wildman–Crippen LogP) is 1.43. The molecule has 0 fully saturated rings. The number of nitrogens with one attached hydrogen (secondary N) is 1. The maximum absolute atomic E-state index is 12.2. The van der Waals surface area contributed by atoms with Gasteiger partial charge < -0.3 is 4.98 Å². The molecule has 0 bridgehead atoms. The summed E-state index contributed by atoms with van der Waals surface area (Å²) in [6.45, 7) is 1.26. The molecular formula is C8H7F2NO2. The smallest absolute Gasteiger partial charge is 0.278 e. The first-order valence-corrected chi connectivity index (χ1v) is 3.53. The number of H-pyrrole nitrogens is 1. The highest BCUT2D eigenvalue weighted by atomic mass is 19.3. The summed E-state index contributed by atoms with van der Waals surface area (Å²) >= 11 is 0. The number of pyridine rings is 1. The number of carbonyl (C=O) groups excluding carboxylic acids is 1. The van der Waals surface area contributed by atoms with Crippen LogP contribution in [0, 0.1) is 6.92 Å². The Morgan fingerprint density at radius 3 is 2.62 bits per heavy atom. The summed E-state index contributed by atoms with van der Waals surface area (Å²) in [6, 6.07) is 0. The number of halogens is 2. The lowest BCUT2D eigenvalue weighted by Gasteiger charge is -2.03. The zero-order valence-electron chi connectivity index (χ0n) is 6.80. The molecule has 13 heavy (non-hydrogen) atoms. The van der Waals surface area contributed by atoms with Gasteiger partial charge in [0.05, 0.1) is 11.3 Å². The van der Waals surface area contributed by atoms with Crippen molar-refractivity contribution in [2.75, 3.05) is 0 Å². The first-order chi connectivity index (χ1) is 6.07. The maximum Gasteiger partial charge on any atom is 0.278 e. The Hall–Kier alpha value is -1.52. The van der Waals surface area contributed by atoms with Crippen molar-refractivity contribution in [2.24, 2.45) is 0 Å². The Labute approximate surface area is 72.4 Å². The fourth-order valence-corrected chi connectivity index (χ4v) is 0.982. The number of hydrogen-bond donors (Lipinski definition) is 1. The Morgan fingerprint density at radius 1 is 1.54 bits per heavy atom. The van der Waals surface area contributed by atoms with Crippen LogP contribution in [0.4, 0.5) is 8.78 Å². The minimum Gasteiger partial charge on any atom is -0.359 e. The molecular weight excluding hydrogens is 180 g/mol. The van der Waals surface area contributed by atoms with E-state index in [4.69, 9.17) is 0 Å². The van der Waals surface area contributed by atoms with E-state index < -0.39 is 17.5 Å². The zero-order chi connectivity index (χ0) is 10.0. The standard InChI is InChI=1S/C8H7F2NO2/c1-4-6(8(9)10)11-2-5(3-12)7(4)13/h2-3,8H,1H3,(H,11,13). The van der Waals surface area contributed by atoms with E-state index in [-0.39, 0.29) is 11.1 Å². The summed E-state index contributed by atoms with van der Waals surface area (Å²) < 4.78 is 24.4. The minimum absolute atomic E-state index is 0.111. The maximum atomic E-state index is 12.2. The molecule has 0 atom stereocenters. The highest BCUT2D eigenvalue weighted by Gasteiger charge is 2.14. The van der Waals surface area contributed by atoms with Gasteiger partial charge in [-0.15, -0.1) is 0 Å². The molecule has 0 radical (unpaired) electrons. The molecule has 0 aliphatic carbocycles. The fraction of sp³-hybridized carbons (Fsp3) is 0.250. The Bertz CT molecular complexity index is 384. The molecule has 0 saturated heterocycles. The van der Waals surface area contributed by atoms with Gasteiger partial charge in [-0.05, 0) is 6.92 Å². The fourth-order valence-electron chi connectivity index (χ4n) is 0.982.